The molecule has 2 N–H and O–H groups in total. The number of nitrogens with zero attached hydrogens (tertiary/aromatic N) is 1. The molecule has 44 heavy (non-hydrogen) atoms. The Morgan fingerprint density at radius 3 is 1.11 bits per heavy atom. The summed E-state index contributed by atoms with van der Waals surface area (Å²) in [7, 11) is 3.98. The summed E-state index contributed by atoms with van der Waals surface area (Å²) in [5.74, 6) is -1.87. The van der Waals surface area contributed by atoms with Gasteiger partial charge in [0.25, 0.3) is 0 Å². The van der Waals surface area contributed by atoms with E-state index in [1.807, 2.05) is 32.3 Å². The molecule has 0 fully saturated rings. The number of carboxylic acid groups (broad SMARTS) is 2. The number of aliphatic carboxylic acids is 2. The molecule has 1 rings (SSSR count). The Morgan fingerprint density at radius 1 is 0.500 bits per heavy atom. The van der Waals surface area contributed by atoms with Crippen molar-refractivity contribution in [2.45, 2.75) is 148 Å². The predicted octanol–water partition coefficient (Wildman–Crippen LogP) is 7.81. The number of carboxylic acids is 2. The van der Waals surface area contributed by atoms with Crippen LogP contribution in [0.15, 0.2) is 18.2 Å². The normalized spacial score (nSPS) is 11.1. The van der Waals surface area contributed by atoms with Gasteiger partial charge in [0, 0.05) is 32.2 Å². The standard InChI is InChI=1S/C35H57NO8/c1-36(2)26-29-23-30(27-43-34(41)21-17-13-9-5-3-7-11-15-19-32(37)38)25-31(24-29)28-44-35(42)22-18-14-10-6-4-8-12-16-20-33(39)40/h23-25H,3-22,26-28H2,1-2H3,(H,37,38)(H,39,40). The van der Waals surface area contributed by atoms with Crippen molar-refractivity contribution in [3.8, 4) is 0 Å². The molecule has 0 saturated carbocycles. The predicted molar refractivity (Wildman–Crippen MR) is 171 cm³/mol. The van der Waals surface area contributed by atoms with Gasteiger partial charge in [-0.15, -0.1) is 0 Å². The van der Waals surface area contributed by atoms with Gasteiger partial charge in [0.15, 0.2) is 0 Å². The van der Waals surface area contributed by atoms with Crippen molar-refractivity contribution in [2.75, 3.05) is 14.1 Å². The molecular weight excluding hydrogens is 562 g/mol. The highest BCUT2D eigenvalue weighted by molar-refractivity contribution is 5.69. The second kappa shape index (κ2) is 25.4. The average Bonchev–Trinajstić information content (AvgIpc) is 2.96. The number of carbonyl (C=O) groups excluding carboxylic acids is 2. The van der Waals surface area contributed by atoms with Crippen LogP contribution in [0.2, 0.25) is 0 Å². The van der Waals surface area contributed by atoms with Gasteiger partial charge in [0.2, 0.25) is 0 Å². The third-order valence-corrected chi connectivity index (χ3v) is 7.45. The molecule has 0 aromatic heterocycles. The van der Waals surface area contributed by atoms with Crippen LogP contribution in [0, 0.1) is 0 Å². The molecular formula is C35H57NO8. The van der Waals surface area contributed by atoms with Crippen LogP contribution in [0.1, 0.15) is 145 Å². The second-order valence-electron chi connectivity index (χ2n) is 12.2. The second-order valence-corrected chi connectivity index (χ2v) is 12.2. The van der Waals surface area contributed by atoms with Crippen molar-refractivity contribution in [1.29, 1.82) is 0 Å². The first-order valence-electron chi connectivity index (χ1n) is 16.7. The van der Waals surface area contributed by atoms with Gasteiger partial charge in [0.05, 0.1) is 0 Å². The van der Waals surface area contributed by atoms with E-state index in [1.54, 1.807) is 0 Å². The minimum atomic E-state index is -0.728. The number of hydrogen-bond donors (Lipinski definition) is 2. The minimum Gasteiger partial charge on any atom is -0.481 e. The molecule has 250 valence electrons. The SMILES string of the molecule is CN(C)Cc1cc(COC(=O)CCCCCCCCCCC(=O)O)cc(COC(=O)CCCCCCCCCCC(=O)O)c1. The smallest absolute Gasteiger partial charge is 0.306 e. The van der Waals surface area contributed by atoms with Crippen LogP contribution in [0.25, 0.3) is 0 Å². The number of hydrogen-bond acceptors (Lipinski definition) is 7. The summed E-state index contributed by atoms with van der Waals surface area (Å²) in [6.45, 7) is 1.11. The van der Waals surface area contributed by atoms with Gasteiger partial charge < -0.3 is 24.6 Å². The maximum Gasteiger partial charge on any atom is 0.306 e. The zero-order valence-corrected chi connectivity index (χ0v) is 27.3. The molecule has 0 aliphatic carbocycles. The molecule has 0 atom stereocenters. The summed E-state index contributed by atoms with van der Waals surface area (Å²) in [5.41, 5.74) is 2.84. The molecule has 9 heteroatoms. The summed E-state index contributed by atoms with van der Waals surface area (Å²) < 4.78 is 11.1. The van der Waals surface area contributed by atoms with Gasteiger partial charge in [-0.05, 0) is 62.5 Å². The van der Waals surface area contributed by atoms with Crippen molar-refractivity contribution in [1.82, 2.24) is 4.90 Å². The van der Waals surface area contributed by atoms with E-state index < -0.39 is 11.9 Å². The first-order chi connectivity index (χ1) is 21.2. The number of esters is 2. The molecule has 0 unspecified atom stereocenters. The zero-order chi connectivity index (χ0) is 32.4. The van der Waals surface area contributed by atoms with Gasteiger partial charge in [-0.1, -0.05) is 89.2 Å². The van der Waals surface area contributed by atoms with Crippen molar-refractivity contribution < 1.29 is 38.9 Å². The molecule has 0 saturated heterocycles. The molecule has 0 bridgehead atoms. The summed E-state index contributed by atoms with van der Waals surface area (Å²) in [4.78, 5) is 47.8. The number of carbonyl (C=O) groups is 4. The Bertz CT molecular complexity index is 894. The van der Waals surface area contributed by atoms with E-state index in [0.29, 0.717) is 12.8 Å². The van der Waals surface area contributed by atoms with Crippen molar-refractivity contribution in [2.24, 2.45) is 0 Å². The maximum absolute atomic E-state index is 12.3. The van der Waals surface area contributed by atoms with Crippen molar-refractivity contribution >= 4 is 23.9 Å². The van der Waals surface area contributed by atoms with Gasteiger partial charge in [0.1, 0.15) is 13.2 Å². The Balaban J connectivity index is 2.29. The van der Waals surface area contributed by atoms with Crippen molar-refractivity contribution in [3.63, 3.8) is 0 Å². The van der Waals surface area contributed by atoms with E-state index in [1.165, 1.54) is 0 Å². The summed E-state index contributed by atoms with van der Waals surface area (Å²) in [5, 5.41) is 17.3. The average molecular weight is 620 g/mol. The van der Waals surface area contributed by atoms with E-state index >= 15 is 0 Å². The fourth-order valence-corrected chi connectivity index (χ4v) is 5.15. The van der Waals surface area contributed by atoms with E-state index in [4.69, 9.17) is 19.7 Å². The molecule has 0 aliphatic rings. The maximum atomic E-state index is 12.3. The summed E-state index contributed by atoms with van der Waals surface area (Å²) >= 11 is 0. The van der Waals surface area contributed by atoms with Crippen LogP contribution in [-0.4, -0.2) is 53.1 Å². The lowest BCUT2D eigenvalue weighted by molar-refractivity contribution is -0.145. The molecule has 1 aromatic carbocycles. The third kappa shape index (κ3) is 23.5. The van der Waals surface area contributed by atoms with Gasteiger partial charge in [-0.2, -0.15) is 0 Å². The van der Waals surface area contributed by atoms with Crippen LogP contribution >= 0.6 is 0 Å². The molecule has 9 nitrogen and oxygen atoms in total. The fraction of sp³-hybridized carbons (Fsp3) is 0.714. The van der Waals surface area contributed by atoms with Crippen LogP contribution in [0.4, 0.5) is 0 Å². The van der Waals surface area contributed by atoms with E-state index in [9.17, 15) is 19.2 Å². The summed E-state index contributed by atoms with van der Waals surface area (Å²) in [6, 6.07) is 6.00. The van der Waals surface area contributed by atoms with Crippen LogP contribution < -0.4 is 0 Å². The molecule has 0 radical (unpaired) electrons. The lowest BCUT2D eigenvalue weighted by Crippen LogP contribution is -2.12. The molecule has 1 aromatic rings. The van der Waals surface area contributed by atoms with E-state index in [2.05, 4.69) is 4.90 Å². The zero-order valence-electron chi connectivity index (χ0n) is 27.3. The third-order valence-electron chi connectivity index (χ3n) is 7.45. The highest BCUT2D eigenvalue weighted by Gasteiger charge is 2.09. The Labute approximate surface area is 264 Å². The number of unbranched alkanes of at least 4 members (excludes halogenated alkanes) is 14. The van der Waals surface area contributed by atoms with Crippen LogP contribution in [0.3, 0.4) is 0 Å². The number of rotatable bonds is 28. The Kier molecular flexibility index (Phi) is 22.6. The van der Waals surface area contributed by atoms with Crippen LogP contribution in [0.5, 0.6) is 0 Å². The highest BCUT2D eigenvalue weighted by atomic mass is 16.5. The first-order valence-corrected chi connectivity index (χ1v) is 16.7. The molecule has 0 heterocycles. The van der Waals surface area contributed by atoms with Crippen LogP contribution in [-0.2, 0) is 48.4 Å². The number of ether oxygens (including phenoxy) is 2. The van der Waals surface area contributed by atoms with E-state index in [-0.39, 0.29) is 38.0 Å². The minimum absolute atomic E-state index is 0.191. The lowest BCUT2D eigenvalue weighted by Gasteiger charge is -2.14. The Hall–Kier alpha value is -2.94. The van der Waals surface area contributed by atoms with Gasteiger partial charge in [-0.3, -0.25) is 19.2 Å². The summed E-state index contributed by atoms with van der Waals surface area (Å²) in [6.07, 6.45) is 16.9. The van der Waals surface area contributed by atoms with Gasteiger partial charge >= 0.3 is 23.9 Å². The van der Waals surface area contributed by atoms with Crippen molar-refractivity contribution in [3.05, 3.63) is 34.9 Å². The topological polar surface area (TPSA) is 130 Å². The molecule has 0 aliphatic heterocycles. The van der Waals surface area contributed by atoms with Gasteiger partial charge in [-0.25, -0.2) is 0 Å². The highest BCUT2D eigenvalue weighted by Crippen LogP contribution is 2.17. The Morgan fingerprint density at radius 2 is 0.795 bits per heavy atom. The largest absolute Gasteiger partial charge is 0.481 e. The lowest BCUT2D eigenvalue weighted by atomic mass is 10.1. The number of benzene rings is 1. The first kappa shape index (κ1) is 39.1. The quantitative estimate of drug-likeness (QED) is 0.0712. The van der Waals surface area contributed by atoms with E-state index in [0.717, 1.165) is 126 Å². The monoisotopic (exact) mass is 619 g/mol. The molecule has 0 spiro atoms. The molecule has 0 amide bonds. The fourth-order valence-electron chi connectivity index (χ4n) is 5.15.